The lowest BCUT2D eigenvalue weighted by Gasteiger charge is -2.05. The summed E-state index contributed by atoms with van der Waals surface area (Å²) in [5.41, 5.74) is 1.03. The molecule has 0 saturated carbocycles. The van der Waals surface area contributed by atoms with Crippen LogP contribution in [0, 0.1) is 0 Å². The van der Waals surface area contributed by atoms with Gasteiger partial charge in [-0.25, -0.2) is 0 Å². The summed E-state index contributed by atoms with van der Waals surface area (Å²) in [4.78, 5) is 11.7. The molecule has 0 spiro atoms. The predicted molar refractivity (Wildman–Crippen MR) is 60.9 cm³/mol. The molecule has 15 heavy (non-hydrogen) atoms. The van der Waals surface area contributed by atoms with Crippen molar-refractivity contribution in [3.63, 3.8) is 0 Å². The monoisotopic (exact) mass is 211 g/mol. The Morgan fingerprint density at radius 1 is 1.47 bits per heavy atom. The number of carbonyl (C=O) groups excluding carboxylic acids is 1. The molecule has 1 rings (SSSR count). The second kappa shape index (κ2) is 7.60. The second-order valence-electron chi connectivity index (χ2n) is 3.92. The fraction of sp³-hybridized carbons (Fsp3) is 0.750. The first-order chi connectivity index (χ1) is 7.34. The minimum Gasteiger partial charge on any atom is -0.383 e. The quantitative estimate of drug-likeness (QED) is 0.679. The highest BCUT2D eigenvalue weighted by Gasteiger charge is 2.10. The largest absolute Gasteiger partial charge is 0.383 e. The first kappa shape index (κ1) is 12.4. The Labute approximate surface area is 91.9 Å². The predicted octanol–water partition coefficient (Wildman–Crippen LogP) is 1.68. The Balaban J connectivity index is 2.22. The van der Waals surface area contributed by atoms with Crippen LogP contribution in [0.15, 0.2) is 11.6 Å². The first-order valence-electron chi connectivity index (χ1n) is 5.76. The van der Waals surface area contributed by atoms with Gasteiger partial charge in [-0.05, 0) is 31.3 Å². The van der Waals surface area contributed by atoms with Gasteiger partial charge in [0.15, 0.2) is 5.78 Å². The van der Waals surface area contributed by atoms with Crippen molar-refractivity contribution in [1.82, 2.24) is 5.32 Å². The molecule has 1 aliphatic rings. The van der Waals surface area contributed by atoms with Gasteiger partial charge in [0.25, 0.3) is 0 Å². The van der Waals surface area contributed by atoms with Crippen molar-refractivity contribution in [1.29, 1.82) is 0 Å². The Kier molecular flexibility index (Phi) is 6.28. The van der Waals surface area contributed by atoms with Gasteiger partial charge in [-0.2, -0.15) is 0 Å². The molecule has 0 radical (unpaired) electrons. The van der Waals surface area contributed by atoms with Gasteiger partial charge in [0.05, 0.1) is 13.2 Å². The van der Waals surface area contributed by atoms with Gasteiger partial charge in [-0.1, -0.05) is 12.5 Å². The van der Waals surface area contributed by atoms with Crippen LogP contribution in [0.3, 0.4) is 0 Å². The van der Waals surface area contributed by atoms with E-state index < -0.39 is 0 Å². The van der Waals surface area contributed by atoms with E-state index in [9.17, 15) is 4.79 Å². The van der Waals surface area contributed by atoms with Crippen LogP contribution in [0.1, 0.15) is 32.1 Å². The van der Waals surface area contributed by atoms with E-state index in [1.165, 1.54) is 12.8 Å². The molecule has 0 amide bonds. The lowest BCUT2D eigenvalue weighted by molar-refractivity contribution is -0.115. The fourth-order valence-corrected chi connectivity index (χ4v) is 1.76. The van der Waals surface area contributed by atoms with Gasteiger partial charge in [-0.15, -0.1) is 0 Å². The summed E-state index contributed by atoms with van der Waals surface area (Å²) in [6.45, 7) is 1.86. The zero-order valence-electron chi connectivity index (χ0n) is 9.55. The van der Waals surface area contributed by atoms with E-state index in [1.807, 2.05) is 0 Å². The normalized spacial score (nSPS) is 17.0. The van der Waals surface area contributed by atoms with E-state index in [0.29, 0.717) is 13.2 Å². The number of methoxy groups -OCH3 is 1. The maximum Gasteiger partial charge on any atom is 0.172 e. The van der Waals surface area contributed by atoms with Crippen LogP contribution in [0.4, 0.5) is 0 Å². The fourth-order valence-electron chi connectivity index (χ4n) is 1.76. The van der Waals surface area contributed by atoms with Crippen molar-refractivity contribution >= 4 is 5.78 Å². The minimum atomic E-state index is 0.257. The van der Waals surface area contributed by atoms with Crippen LogP contribution in [-0.4, -0.2) is 32.6 Å². The third kappa shape index (κ3) is 5.09. The number of ketones is 1. The molecule has 0 saturated heterocycles. The smallest absolute Gasteiger partial charge is 0.172 e. The van der Waals surface area contributed by atoms with E-state index in [1.54, 1.807) is 7.11 Å². The van der Waals surface area contributed by atoms with Crippen molar-refractivity contribution in [2.24, 2.45) is 0 Å². The maximum absolute atomic E-state index is 11.7. The summed E-state index contributed by atoms with van der Waals surface area (Å²) < 4.78 is 4.90. The van der Waals surface area contributed by atoms with E-state index >= 15 is 0 Å². The van der Waals surface area contributed by atoms with Crippen molar-refractivity contribution in [2.45, 2.75) is 32.1 Å². The molecule has 0 unspecified atom stereocenters. The molecule has 0 bridgehead atoms. The number of carbonyl (C=O) groups is 1. The van der Waals surface area contributed by atoms with Crippen LogP contribution in [0.2, 0.25) is 0 Å². The number of rotatable bonds is 6. The number of allylic oxidation sites excluding steroid dienone is 1. The molecule has 3 nitrogen and oxygen atoms in total. The van der Waals surface area contributed by atoms with Crippen LogP contribution in [0.25, 0.3) is 0 Å². The molecule has 0 aromatic carbocycles. The Hall–Kier alpha value is -0.670. The Morgan fingerprint density at radius 2 is 2.33 bits per heavy atom. The van der Waals surface area contributed by atoms with Gasteiger partial charge in [0, 0.05) is 13.7 Å². The van der Waals surface area contributed by atoms with E-state index in [4.69, 9.17) is 4.74 Å². The van der Waals surface area contributed by atoms with Gasteiger partial charge in [0.1, 0.15) is 0 Å². The lowest BCUT2D eigenvalue weighted by atomic mass is 10.1. The highest BCUT2D eigenvalue weighted by atomic mass is 16.5. The van der Waals surface area contributed by atoms with E-state index in [-0.39, 0.29) is 5.78 Å². The highest BCUT2D eigenvalue weighted by molar-refractivity contribution is 5.96. The Bertz CT molecular complexity index is 224. The van der Waals surface area contributed by atoms with Gasteiger partial charge in [0.2, 0.25) is 0 Å². The highest BCUT2D eigenvalue weighted by Crippen LogP contribution is 2.17. The molecule has 1 N–H and O–H groups in total. The van der Waals surface area contributed by atoms with Crippen molar-refractivity contribution in [3.05, 3.63) is 11.6 Å². The number of nitrogens with one attached hydrogen (secondary N) is 1. The van der Waals surface area contributed by atoms with Gasteiger partial charge < -0.3 is 10.1 Å². The van der Waals surface area contributed by atoms with Crippen molar-refractivity contribution in [2.75, 3.05) is 26.8 Å². The number of hydrogen-bond acceptors (Lipinski definition) is 3. The summed E-state index contributed by atoms with van der Waals surface area (Å²) in [6, 6.07) is 0. The van der Waals surface area contributed by atoms with Gasteiger partial charge in [-0.3, -0.25) is 4.79 Å². The van der Waals surface area contributed by atoms with Crippen LogP contribution < -0.4 is 5.32 Å². The summed E-state index contributed by atoms with van der Waals surface area (Å²) in [6.07, 6.45) is 7.80. The third-order valence-electron chi connectivity index (χ3n) is 2.67. The summed E-state index contributed by atoms with van der Waals surface area (Å²) in [7, 11) is 1.66. The molecule has 0 heterocycles. The molecular formula is C12H21NO2. The van der Waals surface area contributed by atoms with Gasteiger partial charge >= 0.3 is 0 Å². The zero-order valence-corrected chi connectivity index (χ0v) is 9.55. The van der Waals surface area contributed by atoms with E-state index in [2.05, 4.69) is 11.4 Å². The Morgan fingerprint density at radius 3 is 3.13 bits per heavy atom. The average Bonchev–Trinajstić information content (AvgIpc) is 2.52. The minimum absolute atomic E-state index is 0.257. The van der Waals surface area contributed by atoms with Crippen molar-refractivity contribution < 1.29 is 9.53 Å². The van der Waals surface area contributed by atoms with Crippen LogP contribution in [-0.2, 0) is 9.53 Å². The standard InChI is InChI=1S/C12H21NO2/c1-15-9-8-13-10-12(14)11-6-4-2-3-5-7-11/h6,13H,2-5,7-10H2,1H3. The summed E-state index contributed by atoms with van der Waals surface area (Å²) in [5, 5.41) is 3.09. The molecule has 1 aliphatic carbocycles. The van der Waals surface area contributed by atoms with Crippen LogP contribution in [0.5, 0.6) is 0 Å². The third-order valence-corrected chi connectivity index (χ3v) is 2.67. The molecule has 0 aliphatic heterocycles. The molecule has 0 aromatic rings. The van der Waals surface area contributed by atoms with Crippen LogP contribution >= 0.6 is 0 Å². The SMILES string of the molecule is COCCNCC(=O)C1=CCCCCC1. The molecule has 86 valence electrons. The van der Waals surface area contributed by atoms with Crippen molar-refractivity contribution in [3.8, 4) is 0 Å². The number of hydrogen-bond donors (Lipinski definition) is 1. The maximum atomic E-state index is 11.7. The molecular weight excluding hydrogens is 190 g/mol. The lowest BCUT2D eigenvalue weighted by Crippen LogP contribution is -2.27. The topological polar surface area (TPSA) is 38.3 Å². The molecule has 0 aromatic heterocycles. The molecule has 3 heteroatoms. The number of Topliss-reactive ketones (excluding diaryl/α,β-unsaturated/α-hetero) is 1. The number of ether oxygens (including phenoxy) is 1. The second-order valence-corrected chi connectivity index (χ2v) is 3.92. The zero-order chi connectivity index (χ0) is 10.9. The van der Waals surface area contributed by atoms with E-state index in [0.717, 1.165) is 31.4 Å². The first-order valence-corrected chi connectivity index (χ1v) is 5.76. The summed E-state index contributed by atoms with van der Waals surface area (Å²) in [5.74, 6) is 0.257. The summed E-state index contributed by atoms with van der Waals surface area (Å²) >= 11 is 0. The average molecular weight is 211 g/mol. The molecule has 0 atom stereocenters. The molecule has 0 fully saturated rings.